The summed E-state index contributed by atoms with van der Waals surface area (Å²) in [7, 11) is -2.39. The summed E-state index contributed by atoms with van der Waals surface area (Å²) >= 11 is 0. The number of aromatic nitrogens is 1. The predicted octanol–water partition coefficient (Wildman–Crippen LogP) is 9.50. The summed E-state index contributed by atoms with van der Waals surface area (Å²) in [6.07, 6.45) is 3.55. The Bertz CT molecular complexity index is 1650. The van der Waals surface area contributed by atoms with Crippen LogP contribution in [0.15, 0.2) is 109 Å². The molecule has 51 heavy (non-hydrogen) atoms. The highest BCUT2D eigenvalue weighted by Crippen LogP contribution is 2.38. The van der Waals surface area contributed by atoms with Gasteiger partial charge in [-0.25, -0.2) is 9.59 Å². The van der Waals surface area contributed by atoms with Gasteiger partial charge in [0.1, 0.15) is 12.2 Å². The molecule has 0 spiro atoms. The van der Waals surface area contributed by atoms with Crippen molar-refractivity contribution in [3.8, 4) is 11.1 Å². The first-order chi connectivity index (χ1) is 24.1. The smallest absolute Gasteiger partial charge is 0.407 e. The van der Waals surface area contributed by atoms with Crippen molar-refractivity contribution in [3.05, 3.63) is 126 Å². The average molecular weight is 710 g/mol. The summed E-state index contributed by atoms with van der Waals surface area (Å²) < 4.78 is 18.7. The fourth-order valence-electron chi connectivity index (χ4n) is 5.52. The third-order valence-corrected chi connectivity index (χ3v) is 13.7. The van der Waals surface area contributed by atoms with Gasteiger partial charge in [0.15, 0.2) is 8.32 Å². The highest BCUT2D eigenvalue weighted by atomic mass is 28.4. The molecule has 4 aromatic rings. The Morgan fingerprint density at radius 1 is 0.686 bits per heavy atom. The molecule has 2 N–H and O–H groups in total. The standard InChI is InChI=1S/C42H55N3O5Si/c1-41(2,3)49-40(47)45-37(28-31-15-11-9-12-16-31)38(50-51(7,8)42(4,5)6)29-36(44-39(46)48-30-33-17-13-10-14-18-33)27-32-19-21-34(22-20-32)35-23-25-43-26-24-35/h9-26,36-38H,27-30H2,1-8H3,(H,44,46)(H,45,47)/t36-,37-,38-/m0/s1. The van der Waals surface area contributed by atoms with Crippen LogP contribution in [0.5, 0.6) is 0 Å². The number of amides is 2. The fourth-order valence-corrected chi connectivity index (χ4v) is 6.89. The number of nitrogens with one attached hydrogen (secondary N) is 2. The first-order valence-corrected chi connectivity index (χ1v) is 20.7. The number of ether oxygens (including phenoxy) is 2. The summed E-state index contributed by atoms with van der Waals surface area (Å²) in [5.74, 6) is 0. The van der Waals surface area contributed by atoms with Gasteiger partial charge in [-0.1, -0.05) is 106 Å². The van der Waals surface area contributed by atoms with E-state index in [4.69, 9.17) is 13.9 Å². The number of carbonyl (C=O) groups excluding carboxylic acids is 2. The second-order valence-corrected chi connectivity index (χ2v) is 20.4. The third kappa shape index (κ3) is 13.0. The van der Waals surface area contributed by atoms with Crippen molar-refractivity contribution >= 4 is 20.5 Å². The topological polar surface area (TPSA) is 98.8 Å². The molecule has 3 atom stereocenters. The van der Waals surface area contributed by atoms with Crippen LogP contribution < -0.4 is 10.6 Å². The van der Waals surface area contributed by atoms with E-state index in [1.54, 1.807) is 12.4 Å². The van der Waals surface area contributed by atoms with E-state index >= 15 is 0 Å². The first kappa shape index (κ1) is 39.3. The lowest BCUT2D eigenvalue weighted by molar-refractivity contribution is 0.0412. The molecule has 0 aliphatic carbocycles. The van der Waals surface area contributed by atoms with Gasteiger partial charge >= 0.3 is 12.2 Å². The zero-order valence-electron chi connectivity index (χ0n) is 31.4. The van der Waals surface area contributed by atoms with E-state index in [-0.39, 0.29) is 17.7 Å². The summed E-state index contributed by atoms with van der Waals surface area (Å²) in [4.78, 5) is 30.9. The molecule has 0 radical (unpaired) electrons. The van der Waals surface area contributed by atoms with Gasteiger partial charge < -0.3 is 24.5 Å². The van der Waals surface area contributed by atoms with Crippen LogP contribution in [0.4, 0.5) is 9.59 Å². The number of nitrogens with zero attached hydrogens (tertiary/aromatic N) is 1. The van der Waals surface area contributed by atoms with Crippen LogP contribution in [0, 0.1) is 0 Å². The molecular weight excluding hydrogens is 655 g/mol. The van der Waals surface area contributed by atoms with Crippen LogP contribution in [-0.2, 0) is 33.3 Å². The van der Waals surface area contributed by atoms with Crippen LogP contribution in [0.3, 0.4) is 0 Å². The van der Waals surface area contributed by atoms with Crippen molar-refractivity contribution in [2.75, 3.05) is 0 Å². The molecule has 0 aliphatic heterocycles. The Hall–Kier alpha value is -4.47. The Kier molecular flexibility index (Phi) is 13.6. The van der Waals surface area contributed by atoms with E-state index in [1.807, 2.05) is 93.6 Å². The SMILES string of the molecule is CC(C)(C)OC(=O)N[C@@H](Cc1ccccc1)[C@H](C[C@H](Cc1ccc(-c2ccncc2)cc1)NC(=O)OCc1ccccc1)O[Si](C)(C)C(C)(C)C. The van der Waals surface area contributed by atoms with E-state index in [0.29, 0.717) is 19.3 Å². The molecule has 0 bridgehead atoms. The quantitative estimate of drug-likeness (QED) is 0.127. The number of benzene rings is 3. The van der Waals surface area contributed by atoms with E-state index in [9.17, 15) is 9.59 Å². The van der Waals surface area contributed by atoms with E-state index in [0.717, 1.165) is 27.8 Å². The highest BCUT2D eigenvalue weighted by molar-refractivity contribution is 6.74. The van der Waals surface area contributed by atoms with Crippen molar-refractivity contribution in [2.24, 2.45) is 0 Å². The second kappa shape index (κ2) is 17.6. The molecule has 0 aliphatic rings. The third-order valence-electron chi connectivity index (χ3n) is 9.20. The minimum atomic E-state index is -2.39. The Morgan fingerprint density at radius 3 is 1.80 bits per heavy atom. The molecule has 272 valence electrons. The molecule has 0 fully saturated rings. The minimum Gasteiger partial charge on any atom is -0.445 e. The van der Waals surface area contributed by atoms with Gasteiger partial charge in [0.2, 0.25) is 0 Å². The van der Waals surface area contributed by atoms with Crippen molar-refractivity contribution in [1.82, 2.24) is 15.6 Å². The lowest BCUT2D eigenvalue weighted by Gasteiger charge is -2.42. The van der Waals surface area contributed by atoms with Gasteiger partial charge in [0.05, 0.1) is 12.1 Å². The number of alkyl carbamates (subject to hydrolysis) is 2. The van der Waals surface area contributed by atoms with Gasteiger partial charge in [0, 0.05) is 18.4 Å². The van der Waals surface area contributed by atoms with Crippen LogP contribution in [0.1, 0.15) is 64.7 Å². The van der Waals surface area contributed by atoms with Crippen molar-refractivity contribution < 1.29 is 23.5 Å². The van der Waals surface area contributed by atoms with Crippen LogP contribution in [-0.4, -0.2) is 49.3 Å². The zero-order chi connectivity index (χ0) is 37.1. The van der Waals surface area contributed by atoms with E-state index in [1.165, 1.54) is 0 Å². The Labute approximate surface area is 305 Å². The number of pyridine rings is 1. The largest absolute Gasteiger partial charge is 0.445 e. The Morgan fingerprint density at radius 2 is 1.24 bits per heavy atom. The molecule has 1 aromatic heterocycles. The van der Waals surface area contributed by atoms with Gasteiger partial charge in [-0.2, -0.15) is 0 Å². The minimum absolute atomic E-state index is 0.102. The van der Waals surface area contributed by atoms with Gasteiger partial charge in [-0.05, 0) is 98.1 Å². The lowest BCUT2D eigenvalue weighted by atomic mass is 9.93. The van der Waals surface area contributed by atoms with Crippen molar-refractivity contribution in [2.45, 2.75) is 109 Å². The summed E-state index contributed by atoms with van der Waals surface area (Å²) in [5, 5.41) is 6.25. The van der Waals surface area contributed by atoms with Crippen molar-refractivity contribution in [1.29, 1.82) is 0 Å². The summed E-state index contributed by atoms with van der Waals surface area (Å²) in [6, 6.07) is 31.2. The molecule has 8 nitrogen and oxygen atoms in total. The maximum atomic E-state index is 13.4. The molecule has 0 saturated heterocycles. The molecule has 2 amide bonds. The number of rotatable bonds is 14. The van der Waals surface area contributed by atoms with E-state index < -0.39 is 38.3 Å². The highest BCUT2D eigenvalue weighted by Gasteiger charge is 2.42. The number of carbonyl (C=O) groups is 2. The lowest BCUT2D eigenvalue weighted by Crippen LogP contribution is -2.55. The second-order valence-electron chi connectivity index (χ2n) is 15.6. The van der Waals surface area contributed by atoms with Crippen LogP contribution >= 0.6 is 0 Å². The Balaban J connectivity index is 1.68. The number of hydrogen-bond donors (Lipinski definition) is 2. The van der Waals surface area contributed by atoms with E-state index in [2.05, 4.69) is 73.7 Å². The fraction of sp³-hybridized carbons (Fsp3) is 0.405. The molecular formula is C42H55N3O5Si. The van der Waals surface area contributed by atoms with Crippen molar-refractivity contribution in [3.63, 3.8) is 0 Å². The molecule has 9 heteroatoms. The molecule has 0 unspecified atom stereocenters. The molecule has 1 heterocycles. The molecule has 4 rings (SSSR count). The first-order valence-electron chi connectivity index (χ1n) is 17.8. The summed E-state index contributed by atoms with van der Waals surface area (Å²) in [6.45, 7) is 16.7. The normalized spacial score (nSPS) is 13.8. The van der Waals surface area contributed by atoms with Crippen LogP contribution in [0.2, 0.25) is 18.1 Å². The maximum Gasteiger partial charge on any atom is 0.407 e. The summed E-state index contributed by atoms with van der Waals surface area (Å²) in [5.41, 5.74) is 4.49. The number of hydrogen-bond acceptors (Lipinski definition) is 6. The molecule has 0 saturated carbocycles. The monoisotopic (exact) mass is 709 g/mol. The average Bonchev–Trinajstić information content (AvgIpc) is 3.07. The molecule has 3 aromatic carbocycles. The van der Waals surface area contributed by atoms with Gasteiger partial charge in [0.25, 0.3) is 0 Å². The van der Waals surface area contributed by atoms with Gasteiger partial charge in [-0.3, -0.25) is 4.98 Å². The maximum absolute atomic E-state index is 13.4. The predicted molar refractivity (Wildman–Crippen MR) is 207 cm³/mol. The zero-order valence-corrected chi connectivity index (χ0v) is 32.4. The van der Waals surface area contributed by atoms with Gasteiger partial charge in [-0.15, -0.1) is 0 Å². The van der Waals surface area contributed by atoms with Crippen LogP contribution in [0.25, 0.3) is 11.1 Å².